The molecule has 0 atom stereocenters. The van der Waals surface area contributed by atoms with E-state index in [0.717, 1.165) is 11.1 Å². The molecular weight excluding hydrogens is 240 g/mol. The van der Waals surface area contributed by atoms with Crippen molar-refractivity contribution in [3.05, 3.63) is 53.3 Å². The highest BCUT2D eigenvalue weighted by molar-refractivity contribution is 5.99. The Morgan fingerprint density at radius 3 is 2.84 bits per heavy atom. The van der Waals surface area contributed by atoms with Gasteiger partial charge in [0.1, 0.15) is 0 Å². The van der Waals surface area contributed by atoms with Crippen LogP contribution in [0, 0.1) is 6.92 Å². The van der Waals surface area contributed by atoms with E-state index in [0.29, 0.717) is 23.5 Å². The first-order valence-electron chi connectivity index (χ1n) is 5.90. The Balaban J connectivity index is 2.20. The van der Waals surface area contributed by atoms with Crippen molar-refractivity contribution in [3.63, 3.8) is 0 Å². The molecule has 1 heterocycles. The molecule has 2 aromatic rings. The van der Waals surface area contributed by atoms with Crippen LogP contribution in [0.3, 0.4) is 0 Å². The number of rotatable bonds is 4. The standard InChI is InChI=1S/C14H16N4O/c1-9-4-5-17-7-10(9)8-18-13-3-2-11(15)6-12(13)14(16)19/h2-7,18H,8,15H2,1H3,(H2,16,19). The highest BCUT2D eigenvalue weighted by Gasteiger charge is 2.08. The van der Waals surface area contributed by atoms with Crippen LogP contribution in [0.15, 0.2) is 36.7 Å². The monoisotopic (exact) mass is 256 g/mol. The van der Waals surface area contributed by atoms with Crippen molar-refractivity contribution in [2.45, 2.75) is 13.5 Å². The van der Waals surface area contributed by atoms with Gasteiger partial charge < -0.3 is 16.8 Å². The van der Waals surface area contributed by atoms with Gasteiger partial charge in [-0.25, -0.2) is 0 Å². The summed E-state index contributed by atoms with van der Waals surface area (Å²) in [6.07, 6.45) is 3.54. The van der Waals surface area contributed by atoms with Crippen molar-refractivity contribution in [2.24, 2.45) is 5.73 Å². The van der Waals surface area contributed by atoms with E-state index in [4.69, 9.17) is 11.5 Å². The number of pyridine rings is 1. The molecule has 0 aliphatic carbocycles. The van der Waals surface area contributed by atoms with Gasteiger partial charge in [-0.15, -0.1) is 0 Å². The van der Waals surface area contributed by atoms with Crippen LogP contribution in [-0.2, 0) is 6.54 Å². The molecule has 1 aromatic heterocycles. The lowest BCUT2D eigenvalue weighted by molar-refractivity contribution is 0.100. The quantitative estimate of drug-likeness (QED) is 0.725. The van der Waals surface area contributed by atoms with Crippen LogP contribution in [0.25, 0.3) is 0 Å². The average molecular weight is 256 g/mol. The predicted octanol–water partition coefficient (Wildman–Crippen LogP) is 1.68. The summed E-state index contributed by atoms with van der Waals surface area (Å²) in [7, 11) is 0. The van der Waals surface area contributed by atoms with Crippen LogP contribution in [0.5, 0.6) is 0 Å². The summed E-state index contributed by atoms with van der Waals surface area (Å²) in [5, 5.41) is 3.18. The first-order valence-corrected chi connectivity index (χ1v) is 5.90. The number of nitrogens with two attached hydrogens (primary N) is 2. The second kappa shape index (κ2) is 5.39. The number of carbonyl (C=O) groups is 1. The smallest absolute Gasteiger partial charge is 0.250 e. The number of carbonyl (C=O) groups excluding carboxylic acids is 1. The number of nitrogens with zero attached hydrogens (tertiary/aromatic N) is 1. The molecule has 0 fully saturated rings. The van der Waals surface area contributed by atoms with Crippen molar-refractivity contribution in [1.29, 1.82) is 0 Å². The third-order valence-electron chi connectivity index (χ3n) is 2.93. The molecule has 0 radical (unpaired) electrons. The molecule has 0 unspecified atom stereocenters. The van der Waals surface area contributed by atoms with Gasteiger partial charge in [0.05, 0.1) is 5.56 Å². The first-order chi connectivity index (χ1) is 9.08. The summed E-state index contributed by atoms with van der Waals surface area (Å²) >= 11 is 0. The zero-order chi connectivity index (χ0) is 13.8. The molecular formula is C14H16N4O. The molecule has 98 valence electrons. The zero-order valence-electron chi connectivity index (χ0n) is 10.7. The summed E-state index contributed by atoms with van der Waals surface area (Å²) < 4.78 is 0. The maximum atomic E-state index is 11.4. The van der Waals surface area contributed by atoms with Gasteiger partial charge in [0.25, 0.3) is 5.91 Å². The van der Waals surface area contributed by atoms with Crippen LogP contribution in [-0.4, -0.2) is 10.9 Å². The maximum absolute atomic E-state index is 11.4. The lowest BCUT2D eigenvalue weighted by atomic mass is 10.1. The van der Waals surface area contributed by atoms with Gasteiger partial charge in [-0.1, -0.05) is 0 Å². The number of nitrogen functional groups attached to an aromatic ring is 1. The summed E-state index contributed by atoms with van der Waals surface area (Å²) in [6, 6.07) is 6.99. The minimum absolute atomic E-state index is 0.390. The second-order valence-corrected chi connectivity index (χ2v) is 4.32. The minimum atomic E-state index is -0.502. The molecule has 0 saturated carbocycles. The normalized spacial score (nSPS) is 10.2. The Kier molecular flexibility index (Phi) is 3.66. The van der Waals surface area contributed by atoms with Gasteiger partial charge in [0.15, 0.2) is 0 Å². The molecule has 0 saturated heterocycles. The van der Waals surface area contributed by atoms with Gasteiger partial charge in [-0.2, -0.15) is 0 Å². The molecule has 19 heavy (non-hydrogen) atoms. The van der Waals surface area contributed by atoms with E-state index in [2.05, 4.69) is 10.3 Å². The Morgan fingerprint density at radius 1 is 1.37 bits per heavy atom. The average Bonchev–Trinajstić information content (AvgIpc) is 2.38. The lowest BCUT2D eigenvalue weighted by Gasteiger charge is -2.12. The summed E-state index contributed by atoms with van der Waals surface area (Å²) in [4.78, 5) is 15.4. The summed E-state index contributed by atoms with van der Waals surface area (Å²) in [5.41, 5.74) is 14.8. The van der Waals surface area contributed by atoms with Crippen molar-refractivity contribution < 1.29 is 4.79 Å². The van der Waals surface area contributed by atoms with E-state index in [-0.39, 0.29) is 0 Å². The van der Waals surface area contributed by atoms with E-state index in [1.165, 1.54) is 0 Å². The minimum Gasteiger partial charge on any atom is -0.399 e. The van der Waals surface area contributed by atoms with Gasteiger partial charge in [0, 0.05) is 30.3 Å². The predicted molar refractivity (Wildman–Crippen MR) is 75.7 cm³/mol. The molecule has 0 spiro atoms. The highest BCUT2D eigenvalue weighted by Crippen LogP contribution is 2.19. The number of anilines is 2. The Bertz CT molecular complexity index is 610. The van der Waals surface area contributed by atoms with Gasteiger partial charge >= 0.3 is 0 Å². The van der Waals surface area contributed by atoms with Crippen molar-refractivity contribution in [1.82, 2.24) is 4.98 Å². The van der Waals surface area contributed by atoms with Crippen LogP contribution >= 0.6 is 0 Å². The maximum Gasteiger partial charge on any atom is 0.250 e. The number of hydrogen-bond acceptors (Lipinski definition) is 4. The third kappa shape index (κ3) is 3.01. The number of benzene rings is 1. The topological polar surface area (TPSA) is 94.0 Å². The van der Waals surface area contributed by atoms with Gasteiger partial charge in [-0.05, 0) is 42.3 Å². The molecule has 0 bridgehead atoms. The summed E-state index contributed by atoms with van der Waals surface area (Å²) in [5.74, 6) is -0.502. The number of nitrogens with one attached hydrogen (secondary N) is 1. The molecule has 5 nitrogen and oxygen atoms in total. The molecule has 5 N–H and O–H groups in total. The van der Waals surface area contributed by atoms with E-state index in [1.807, 2.05) is 13.0 Å². The van der Waals surface area contributed by atoms with Crippen LogP contribution in [0.2, 0.25) is 0 Å². The van der Waals surface area contributed by atoms with Crippen molar-refractivity contribution in [2.75, 3.05) is 11.1 Å². The Morgan fingerprint density at radius 2 is 2.16 bits per heavy atom. The molecule has 1 amide bonds. The second-order valence-electron chi connectivity index (χ2n) is 4.32. The van der Waals surface area contributed by atoms with E-state index >= 15 is 0 Å². The fourth-order valence-electron chi connectivity index (χ4n) is 1.79. The number of primary amides is 1. The molecule has 5 heteroatoms. The molecule has 1 aromatic carbocycles. The van der Waals surface area contributed by atoms with Crippen LogP contribution < -0.4 is 16.8 Å². The SMILES string of the molecule is Cc1ccncc1CNc1ccc(N)cc1C(N)=O. The largest absolute Gasteiger partial charge is 0.399 e. The van der Waals surface area contributed by atoms with E-state index in [9.17, 15) is 4.79 Å². The molecule has 0 aliphatic heterocycles. The number of amides is 1. The fourth-order valence-corrected chi connectivity index (χ4v) is 1.79. The third-order valence-corrected chi connectivity index (χ3v) is 2.93. The van der Waals surface area contributed by atoms with Crippen molar-refractivity contribution >= 4 is 17.3 Å². The van der Waals surface area contributed by atoms with E-state index < -0.39 is 5.91 Å². The van der Waals surface area contributed by atoms with Crippen LogP contribution in [0.4, 0.5) is 11.4 Å². The molecule has 2 rings (SSSR count). The number of hydrogen-bond donors (Lipinski definition) is 3. The highest BCUT2D eigenvalue weighted by atomic mass is 16.1. The summed E-state index contributed by atoms with van der Waals surface area (Å²) in [6.45, 7) is 2.58. The number of aromatic nitrogens is 1. The lowest BCUT2D eigenvalue weighted by Crippen LogP contribution is -2.15. The fraction of sp³-hybridized carbons (Fsp3) is 0.143. The Hall–Kier alpha value is -2.56. The van der Waals surface area contributed by atoms with Gasteiger partial charge in [-0.3, -0.25) is 9.78 Å². The van der Waals surface area contributed by atoms with Gasteiger partial charge in [0.2, 0.25) is 0 Å². The molecule has 0 aliphatic rings. The van der Waals surface area contributed by atoms with E-state index in [1.54, 1.807) is 30.6 Å². The Labute approximate surface area is 111 Å². The van der Waals surface area contributed by atoms with Crippen molar-refractivity contribution in [3.8, 4) is 0 Å². The number of aryl methyl sites for hydroxylation is 1. The zero-order valence-corrected chi connectivity index (χ0v) is 10.7. The first kappa shape index (κ1) is 12.9. The van der Waals surface area contributed by atoms with Crippen LogP contribution in [0.1, 0.15) is 21.5 Å².